The summed E-state index contributed by atoms with van der Waals surface area (Å²) in [5.74, 6) is -3.09. The molecule has 0 bridgehead atoms. The van der Waals surface area contributed by atoms with Crippen molar-refractivity contribution >= 4 is 17.8 Å². The molecule has 0 aliphatic heterocycles. The van der Waals surface area contributed by atoms with Gasteiger partial charge in [0.1, 0.15) is 6.04 Å². The number of nitrogens with one attached hydrogen (secondary N) is 1. The van der Waals surface area contributed by atoms with E-state index in [9.17, 15) is 24.6 Å². The zero-order chi connectivity index (χ0) is 22.8. The van der Waals surface area contributed by atoms with Crippen LogP contribution in [0.15, 0.2) is 42.9 Å². The molecule has 1 saturated carbocycles. The molecule has 0 unspecified atom stereocenters. The number of rotatable bonds is 8. The fourth-order valence-corrected chi connectivity index (χ4v) is 4.42. The number of nitrogens with zero attached hydrogens (tertiary/aromatic N) is 2. The van der Waals surface area contributed by atoms with Crippen LogP contribution in [0.2, 0.25) is 0 Å². The quantitative estimate of drug-likeness (QED) is 0.595. The van der Waals surface area contributed by atoms with E-state index < -0.39 is 40.6 Å². The van der Waals surface area contributed by atoms with Gasteiger partial charge in [-0.3, -0.25) is 9.59 Å². The van der Waals surface area contributed by atoms with Crippen LogP contribution < -0.4 is 5.32 Å². The van der Waals surface area contributed by atoms with Crippen molar-refractivity contribution in [1.82, 2.24) is 14.9 Å². The smallest absolute Gasteiger partial charge is 0.326 e. The van der Waals surface area contributed by atoms with Gasteiger partial charge in [0.25, 0.3) is 0 Å². The largest absolute Gasteiger partial charge is 0.481 e. The SMILES string of the molecule is CC1(C)[C@@H](C(=O)N[C@@H](Cc2cn(Cc3ccccc3)cn2)C(=O)O)CC[C@@]1(C)C(=O)O. The highest BCUT2D eigenvalue weighted by Crippen LogP contribution is 2.56. The molecular weight excluding hydrogens is 398 g/mol. The van der Waals surface area contributed by atoms with Gasteiger partial charge in [-0.05, 0) is 30.7 Å². The number of carboxylic acid groups (broad SMARTS) is 2. The van der Waals surface area contributed by atoms with Gasteiger partial charge in [-0.25, -0.2) is 9.78 Å². The monoisotopic (exact) mass is 427 g/mol. The molecule has 2 aromatic rings. The molecule has 3 atom stereocenters. The van der Waals surface area contributed by atoms with Crippen LogP contribution in [0.25, 0.3) is 0 Å². The van der Waals surface area contributed by atoms with Crippen molar-refractivity contribution in [3.8, 4) is 0 Å². The van der Waals surface area contributed by atoms with Crippen LogP contribution in [-0.2, 0) is 27.3 Å². The second-order valence-electron chi connectivity index (χ2n) is 9.08. The van der Waals surface area contributed by atoms with Crippen LogP contribution >= 0.6 is 0 Å². The molecule has 166 valence electrons. The predicted molar refractivity (Wildman–Crippen MR) is 113 cm³/mol. The lowest BCUT2D eigenvalue weighted by molar-refractivity contribution is -0.155. The minimum Gasteiger partial charge on any atom is -0.481 e. The summed E-state index contributed by atoms with van der Waals surface area (Å²) < 4.78 is 1.86. The summed E-state index contributed by atoms with van der Waals surface area (Å²) in [5, 5.41) is 21.9. The Morgan fingerprint density at radius 3 is 2.45 bits per heavy atom. The second kappa shape index (κ2) is 8.53. The Bertz CT molecular complexity index is 969. The van der Waals surface area contributed by atoms with Crippen LogP contribution in [-0.4, -0.2) is 43.7 Å². The van der Waals surface area contributed by atoms with E-state index in [1.807, 2.05) is 34.9 Å². The third kappa shape index (κ3) is 4.47. The van der Waals surface area contributed by atoms with E-state index in [0.29, 0.717) is 25.1 Å². The zero-order valence-corrected chi connectivity index (χ0v) is 18.0. The number of carbonyl (C=O) groups is 3. The number of carboxylic acids is 2. The number of aromatic nitrogens is 2. The van der Waals surface area contributed by atoms with E-state index in [-0.39, 0.29) is 6.42 Å². The van der Waals surface area contributed by atoms with Crippen molar-refractivity contribution in [3.05, 3.63) is 54.1 Å². The molecule has 3 rings (SSSR count). The summed E-state index contributed by atoms with van der Waals surface area (Å²) in [6.45, 7) is 5.79. The van der Waals surface area contributed by atoms with Crippen molar-refractivity contribution in [2.75, 3.05) is 0 Å². The van der Waals surface area contributed by atoms with E-state index in [1.165, 1.54) is 0 Å². The lowest BCUT2D eigenvalue weighted by Gasteiger charge is -2.38. The average molecular weight is 428 g/mol. The van der Waals surface area contributed by atoms with E-state index in [2.05, 4.69) is 10.3 Å². The highest BCUT2D eigenvalue weighted by molar-refractivity contribution is 5.87. The third-order valence-electron chi connectivity index (χ3n) is 6.94. The first-order valence-electron chi connectivity index (χ1n) is 10.4. The van der Waals surface area contributed by atoms with Gasteiger partial charge in [0, 0.05) is 25.1 Å². The van der Waals surface area contributed by atoms with E-state index >= 15 is 0 Å². The van der Waals surface area contributed by atoms with Crippen molar-refractivity contribution in [3.63, 3.8) is 0 Å². The maximum absolute atomic E-state index is 12.9. The standard InChI is InChI=1S/C23H29N3O5/c1-22(2)17(9-10-23(22,3)21(30)31)19(27)25-18(20(28)29)11-16-13-26(14-24-16)12-15-7-5-4-6-8-15/h4-8,13-14,17-18H,9-12H2,1-3H3,(H,25,27)(H,28,29)(H,30,31)/t17-,18+,23+/m1/s1. The minimum atomic E-state index is -1.15. The lowest BCUT2D eigenvalue weighted by atomic mass is 9.65. The second-order valence-corrected chi connectivity index (χ2v) is 9.08. The van der Waals surface area contributed by atoms with Crippen LogP contribution in [0.1, 0.15) is 44.9 Å². The maximum atomic E-state index is 12.9. The molecule has 1 aromatic heterocycles. The first-order valence-corrected chi connectivity index (χ1v) is 10.4. The summed E-state index contributed by atoms with van der Waals surface area (Å²) in [5.41, 5.74) is -0.183. The van der Waals surface area contributed by atoms with Gasteiger partial charge in [0.05, 0.1) is 17.4 Å². The average Bonchev–Trinajstić information content (AvgIpc) is 3.24. The van der Waals surface area contributed by atoms with Crippen molar-refractivity contribution < 1.29 is 24.6 Å². The molecule has 1 aliphatic carbocycles. The first-order chi connectivity index (χ1) is 14.5. The fourth-order valence-electron chi connectivity index (χ4n) is 4.42. The number of amides is 1. The lowest BCUT2D eigenvalue weighted by Crippen LogP contribution is -2.49. The van der Waals surface area contributed by atoms with Crippen molar-refractivity contribution in [1.29, 1.82) is 0 Å². The Morgan fingerprint density at radius 1 is 1.19 bits per heavy atom. The van der Waals surface area contributed by atoms with Gasteiger partial charge in [-0.2, -0.15) is 0 Å². The summed E-state index contributed by atoms with van der Waals surface area (Å²) >= 11 is 0. The molecule has 0 saturated heterocycles. The summed E-state index contributed by atoms with van der Waals surface area (Å²) in [6.07, 6.45) is 4.23. The molecule has 0 radical (unpaired) electrons. The Hall–Kier alpha value is -3.16. The first kappa shape index (κ1) is 22.5. The summed E-state index contributed by atoms with van der Waals surface area (Å²) in [6, 6.07) is 8.68. The molecule has 31 heavy (non-hydrogen) atoms. The van der Waals surface area contributed by atoms with Gasteiger partial charge >= 0.3 is 11.9 Å². The molecule has 0 spiro atoms. The summed E-state index contributed by atoms with van der Waals surface area (Å²) in [4.78, 5) is 40.8. The van der Waals surface area contributed by atoms with Gasteiger partial charge in [0.15, 0.2) is 0 Å². The molecular formula is C23H29N3O5. The van der Waals surface area contributed by atoms with Crippen molar-refractivity contribution in [2.45, 2.75) is 52.6 Å². The van der Waals surface area contributed by atoms with E-state index in [4.69, 9.17) is 0 Å². The summed E-state index contributed by atoms with van der Waals surface area (Å²) in [7, 11) is 0. The number of carbonyl (C=O) groups excluding carboxylic acids is 1. The minimum absolute atomic E-state index is 0.0478. The van der Waals surface area contributed by atoms with E-state index in [0.717, 1.165) is 5.56 Å². The van der Waals surface area contributed by atoms with Gasteiger partial charge in [0.2, 0.25) is 5.91 Å². The molecule has 1 heterocycles. The van der Waals surface area contributed by atoms with Crippen LogP contribution in [0.5, 0.6) is 0 Å². The van der Waals surface area contributed by atoms with E-state index in [1.54, 1.807) is 33.3 Å². The molecule has 1 aromatic carbocycles. The Morgan fingerprint density at radius 2 is 1.87 bits per heavy atom. The van der Waals surface area contributed by atoms with Crippen LogP contribution in [0.3, 0.4) is 0 Å². The number of hydrogen-bond acceptors (Lipinski definition) is 4. The zero-order valence-electron chi connectivity index (χ0n) is 18.0. The molecule has 8 nitrogen and oxygen atoms in total. The highest BCUT2D eigenvalue weighted by Gasteiger charge is 2.58. The topological polar surface area (TPSA) is 122 Å². The number of benzene rings is 1. The van der Waals surface area contributed by atoms with Crippen molar-refractivity contribution in [2.24, 2.45) is 16.7 Å². The molecule has 1 amide bonds. The van der Waals surface area contributed by atoms with Gasteiger partial charge < -0.3 is 20.1 Å². The van der Waals surface area contributed by atoms with Crippen LogP contribution in [0, 0.1) is 16.7 Å². The van der Waals surface area contributed by atoms with Gasteiger partial charge in [-0.1, -0.05) is 44.2 Å². The fraction of sp³-hybridized carbons (Fsp3) is 0.478. The Labute approximate surface area is 181 Å². The highest BCUT2D eigenvalue weighted by atomic mass is 16.4. The number of imidazole rings is 1. The number of aliphatic carboxylic acids is 2. The molecule has 1 fully saturated rings. The Kier molecular flexibility index (Phi) is 6.20. The van der Waals surface area contributed by atoms with Crippen LogP contribution in [0.4, 0.5) is 0 Å². The Balaban J connectivity index is 1.68. The predicted octanol–water partition coefficient (Wildman–Crippen LogP) is 2.57. The maximum Gasteiger partial charge on any atom is 0.326 e. The third-order valence-corrected chi connectivity index (χ3v) is 6.94. The number of hydrogen-bond donors (Lipinski definition) is 3. The van der Waals surface area contributed by atoms with Gasteiger partial charge in [-0.15, -0.1) is 0 Å². The molecule has 8 heteroatoms. The molecule has 3 N–H and O–H groups in total. The normalized spacial score (nSPS) is 23.3. The molecule has 1 aliphatic rings.